The van der Waals surface area contributed by atoms with Crippen LogP contribution in [0.1, 0.15) is 43.0 Å². The first-order valence-corrected chi connectivity index (χ1v) is 9.29. The molecule has 0 unspecified atom stereocenters. The van der Waals surface area contributed by atoms with Gasteiger partial charge in [-0.3, -0.25) is 9.48 Å². The van der Waals surface area contributed by atoms with Crippen molar-refractivity contribution < 1.29 is 14.3 Å². The second-order valence-corrected chi connectivity index (χ2v) is 7.21. The molecule has 26 heavy (non-hydrogen) atoms. The second kappa shape index (κ2) is 7.11. The highest BCUT2D eigenvalue weighted by Crippen LogP contribution is 2.43. The van der Waals surface area contributed by atoms with E-state index in [4.69, 9.17) is 9.47 Å². The van der Waals surface area contributed by atoms with E-state index in [1.54, 1.807) is 6.20 Å². The number of benzene rings is 1. The number of aryl methyl sites for hydroxylation is 2. The van der Waals surface area contributed by atoms with Crippen molar-refractivity contribution in [3.8, 4) is 5.75 Å². The van der Waals surface area contributed by atoms with E-state index in [0.717, 1.165) is 36.3 Å². The number of amides is 1. The van der Waals surface area contributed by atoms with Crippen molar-refractivity contribution in [3.63, 3.8) is 0 Å². The van der Waals surface area contributed by atoms with Crippen molar-refractivity contribution >= 4 is 5.91 Å². The SMILES string of the molecule is Cc1ccnn1CCC(=O)N[C@@H]1CC2(CCOCC2)Oc2ccccc21. The molecule has 1 N–H and O–H groups in total. The predicted molar refractivity (Wildman–Crippen MR) is 96.9 cm³/mol. The van der Waals surface area contributed by atoms with Crippen LogP contribution in [0.15, 0.2) is 36.5 Å². The summed E-state index contributed by atoms with van der Waals surface area (Å²) in [6.07, 6.45) is 4.69. The molecule has 0 bridgehead atoms. The molecule has 1 atom stereocenters. The fourth-order valence-electron chi connectivity index (χ4n) is 3.90. The average Bonchev–Trinajstić information content (AvgIpc) is 3.05. The molecule has 4 rings (SSSR count). The van der Waals surface area contributed by atoms with Crippen molar-refractivity contribution in [3.05, 3.63) is 47.8 Å². The van der Waals surface area contributed by atoms with Crippen LogP contribution < -0.4 is 10.1 Å². The highest BCUT2D eigenvalue weighted by atomic mass is 16.5. The Bertz CT molecular complexity index is 780. The number of rotatable bonds is 4. The second-order valence-electron chi connectivity index (χ2n) is 7.21. The van der Waals surface area contributed by atoms with Gasteiger partial charge in [-0.1, -0.05) is 18.2 Å². The molecule has 6 heteroatoms. The fraction of sp³-hybridized carbons (Fsp3) is 0.500. The number of ether oxygens (including phenoxy) is 2. The molecule has 2 aromatic rings. The molecule has 1 spiro atoms. The minimum atomic E-state index is -0.233. The number of para-hydroxylation sites is 1. The van der Waals surface area contributed by atoms with E-state index in [-0.39, 0.29) is 17.6 Å². The van der Waals surface area contributed by atoms with E-state index in [1.165, 1.54) is 0 Å². The van der Waals surface area contributed by atoms with Crippen molar-refractivity contribution in [2.75, 3.05) is 13.2 Å². The third-order valence-corrected chi connectivity index (χ3v) is 5.42. The summed E-state index contributed by atoms with van der Waals surface area (Å²) in [5, 5.41) is 7.47. The van der Waals surface area contributed by atoms with Gasteiger partial charge in [0.25, 0.3) is 0 Å². The van der Waals surface area contributed by atoms with Crippen LogP contribution in [0.2, 0.25) is 0 Å². The summed E-state index contributed by atoms with van der Waals surface area (Å²) in [5.41, 5.74) is 1.90. The molecule has 1 amide bonds. The van der Waals surface area contributed by atoms with Crippen LogP contribution in [0.5, 0.6) is 5.75 Å². The number of fused-ring (bicyclic) bond motifs is 1. The Morgan fingerprint density at radius 3 is 2.88 bits per heavy atom. The predicted octanol–water partition coefficient (Wildman–Crippen LogP) is 2.77. The Labute approximate surface area is 153 Å². The minimum Gasteiger partial charge on any atom is -0.487 e. The van der Waals surface area contributed by atoms with Gasteiger partial charge in [0.1, 0.15) is 11.4 Å². The number of nitrogens with zero attached hydrogens (tertiary/aromatic N) is 2. The molecule has 1 aromatic carbocycles. The van der Waals surface area contributed by atoms with Gasteiger partial charge in [0, 0.05) is 49.7 Å². The first-order valence-electron chi connectivity index (χ1n) is 9.29. The normalized spacial score (nSPS) is 21.0. The van der Waals surface area contributed by atoms with Crippen LogP contribution in [0.3, 0.4) is 0 Å². The highest BCUT2D eigenvalue weighted by Gasteiger charge is 2.42. The van der Waals surface area contributed by atoms with Crippen LogP contribution in [0.4, 0.5) is 0 Å². The molecule has 3 heterocycles. The maximum absolute atomic E-state index is 12.6. The zero-order valence-electron chi connectivity index (χ0n) is 15.1. The van der Waals surface area contributed by atoms with Gasteiger partial charge in [-0.25, -0.2) is 0 Å². The van der Waals surface area contributed by atoms with Crippen molar-refractivity contribution in [1.82, 2.24) is 15.1 Å². The van der Waals surface area contributed by atoms with Gasteiger partial charge in [0.05, 0.1) is 19.3 Å². The van der Waals surface area contributed by atoms with Crippen molar-refractivity contribution in [2.45, 2.75) is 50.8 Å². The summed E-state index contributed by atoms with van der Waals surface area (Å²) in [6, 6.07) is 9.95. The molecular formula is C20H25N3O3. The smallest absolute Gasteiger partial charge is 0.222 e. The lowest BCUT2D eigenvalue weighted by molar-refractivity contribution is -0.123. The summed E-state index contributed by atoms with van der Waals surface area (Å²) >= 11 is 0. The quantitative estimate of drug-likeness (QED) is 0.916. The van der Waals surface area contributed by atoms with Crippen molar-refractivity contribution in [1.29, 1.82) is 0 Å². The van der Waals surface area contributed by atoms with Crippen LogP contribution in [0.25, 0.3) is 0 Å². The Hall–Kier alpha value is -2.34. The zero-order valence-corrected chi connectivity index (χ0v) is 15.1. The Morgan fingerprint density at radius 2 is 2.12 bits per heavy atom. The molecule has 2 aliphatic rings. The Kier molecular flexibility index (Phi) is 4.68. The summed E-state index contributed by atoms with van der Waals surface area (Å²) in [6.45, 7) is 4.01. The summed E-state index contributed by atoms with van der Waals surface area (Å²) in [4.78, 5) is 12.6. The van der Waals surface area contributed by atoms with E-state index in [9.17, 15) is 4.79 Å². The maximum atomic E-state index is 12.6. The van der Waals surface area contributed by atoms with E-state index in [2.05, 4.69) is 10.4 Å². The molecule has 1 aromatic heterocycles. The molecule has 138 valence electrons. The number of nitrogens with one attached hydrogen (secondary N) is 1. The largest absolute Gasteiger partial charge is 0.487 e. The highest BCUT2D eigenvalue weighted by molar-refractivity contribution is 5.76. The first kappa shape index (κ1) is 17.1. The van der Waals surface area contributed by atoms with Gasteiger partial charge < -0.3 is 14.8 Å². The van der Waals surface area contributed by atoms with Gasteiger partial charge in [-0.15, -0.1) is 0 Å². The van der Waals surface area contributed by atoms with Crippen LogP contribution in [-0.4, -0.2) is 34.5 Å². The van der Waals surface area contributed by atoms with Crippen LogP contribution in [0, 0.1) is 6.92 Å². The lowest BCUT2D eigenvalue weighted by Crippen LogP contribution is -2.48. The number of carbonyl (C=O) groups excluding carboxylic acids is 1. The topological polar surface area (TPSA) is 65.4 Å². The number of hydrogen-bond acceptors (Lipinski definition) is 4. The van der Waals surface area contributed by atoms with E-state index in [1.807, 2.05) is 41.9 Å². The van der Waals surface area contributed by atoms with Crippen molar-refractivity contribution in [2.24, 2.45) is 0 Å². The lowest BCUT2D eigenvalue weighted by atomic mass is 9.82. The number of hydrogen-bond donors (Lipinski definition) is 1. The minimum absolute atomic E-state index is 0.0238. The third kappa shape index (κ3) is 3.46. The van der Waals surface area contributed by atoms with Crippen LogP contribution in [-0.2, 0) is 16.1 Å². The Balaban J connectivity index is 1.47. The lowest BCUT2D eigenvalue weighted by Gasteiger charge is -2.44. The monoisotopic (exact) mass is 355 g/mol. The molecule has 0 saturated carbocycles. The zero-order chi connectivity index (χ0) is 18.0. The standard InChI is InChI=1S/C20H25N3O3/c1-15-6-10-21-23(15)11-7-19(24)22-17-14-20(8-12-25-13-9-20)26-18-5-3-2-4-16(17)18/h2-6,10,17H,7-9,11-14H2,1H3,(H,22,24)/t17-/m1/s1. The van der Waals surface area contributed by atoms with Gasteiger partial charge >= 0.3 is 0 Å². The average molecular weight is 355 g/mol. The summed E-state index contributed by atoms with van der Waals surface area (Å²) in [7, 11) is 0. The van der Waals surface area contributed by atoms with Gasteiger partial charge in [0.15, 0.2) is 0 Å². The fourth-order valence-corrected chi connectivity index (χ4v) is 3.90. The van der Waals surface area contributed by atoms with E-state index < -0.39 is 0 Å². The van der Waals surface area contributed by atoms with E-state index >= 15 is 0 Å². The molecule has 0 aliphatic carbocycles. The molecular weight excluding hydrogens is 330 g/mol. The van der Waals surface area contributed by atoms with Crippen LogP contribution >= 0.6 is 0 Å². The van der Waals surface area contributed by atoms with Gasteiger partial charge in [0.2, 0.25) is 5.91 Å². The molecule has 2 aliphatic heterocycles. The third-order valence-electron chi connectivity index (χ3n) is 5.42. The molecule has 0 radical (unpaired) electrons. The molecule has 1 fully saturated rings. The number of aromatic nitrogens is 2. The Morgan fingerprint density at radius 1 is 1.31 bits per heavy atom. The molecule has 6 nitrogen and oxygen atoms in total. The number of carbonyl (C=O) groups is 1. The summed E-state index contributed by atoms with van der Waals surface area (Å²) < 4.78 is 13.7. The summed E-state index contributed by atoms with van der Waals surface area (Å²) in [5.74, 6) is 0.928. The maximum Gasteiger partial charge on any atom is 0.222 e. The van der Waals surface area contributed by atoms with Gasteiger partial charge in [-0.2, -0.15) is 5.10 Å². The van der Waals surface area contributed by atoms with E-state index in [0.29, 0.717) is 26.2 Å². The first-order chi connectivity index (χ1) is 12.7. The molecule has 1 saturated heterocycles. The van der Waals surface area contributed by atoms with Gasteiger partial charge in [-0.05, 0) is 19.1 Å².